The number of alkyl halides is 3. The van der Waals surface area contributed by atoms with Crippen LogP contribution in [0, 0.1) is 6.92 Å². The molecule has 0 aliphatic heterocycles. The summed E-state index contributed by atoms with van der Waals surface area (Å²) in [5.74, 6) is 0. The first-order chi connectivity index (χ1) is 7.21. The molecule has 0 spiro atoms. The molecule has 1 aromatic carbocycles. The molecule has 0 radical (unpaired) electrons. The highest BCUT2D eigenvalue weighted by Crippen LogP contribution is 2.20. The lowest BCUT2D eigenvalue weighted by atomic mass is 10.2. The molecular formula is C8H7F3N2O2S. The lowest BCUT2D eigenvalue weighted by Gasteiger charge is -1.99. The van der Waals surface area contributed by atoms with Crippen molar-refractivity contribution in [3.8, 4) is 0 Å². The van der Waals surface area contributed by atoms with E-state index in [1.165, 1.54) is 24.3 Å². The summed E-state index contributed by atoms with van der Waals surface area (Å²) < 4.78 is 59.7. The molecule has 0 atom stereocenters. The number of nitrogens with zero attached hydrogens (tertiary/aromatic N) is 2. The Morgan fingerprint density at radius 2 is 1.62 bits per heavy atom. The molecule has 0 unspecified atom stereocenters. The highest BCUT2D eigenvalue weighted by Gasteiger charge is 2.28. The van der Waals surface area contributed by atoms with Crippen LogP contribution in [0.5, 0.6) is 0 Å². The van der Waals surface area contributed by atoms with Crippen molar-refractivity contribution in [3.05, 3.63) is 29.8 Å². The third-order valence-corrected chi connectivity index (χ3v) is 2.75. The number of benzene rings is 1. The minimum Gasteiger partial charge on any atom is -0.198 e. The Morgan fingerprint density at radius 1 is 1.12 bits per heavy atom. The van der Waals surface area contributed by atoms with Gasteiger partial charge in [0.2, 0.25) is 0 Å². The normalized spacial score (nSPS) is 13.2. The van der Waals surface area contributed by atoms with E-state index in [0.717, 1.165) is 5.56 Å². The van der Waals surface area contributed by atoms with Gasteiger partial charge >= 0.3 is 6.30 Å². The summed E-state index contributed by atoms with van der Waals surface area (Å²) in [6.45, 7) is 1.72. The molecule has 0 aliphatic carbocycles. The molecule has 1 aromatic rings. The Kier molecular flexibility index (Phi) is 3.32. The van der Waals surface area contributed by atoms with Gasteiger partial charge in [-0.05, 0) is 19.1 Å². The first-order valence-corrected chi connectivity index (χ1v) is 5.47. The van der Waals surface area contributed by atoms with Crippen LogP contribution in [0.25, 0.3) is 0 Å². The van der Waals surface area contributed by atoms with Gasteiger partial charge in [0, 0.05) is 0 Å². The van der Waals surface area contributed by atoms with Crippen LogP contribution in [0.15, 0.2) is 38.8 Å². The van der Waals surface area contributed by atoms with Crippen LogP contribution >= 0.6 is 0 Å². The van der Waals surface area contributed by atoms with E-state index in [1.54, 1.807) is 12.0 Å². The lowest BCUT2D eigenvalue weighted by molar-refractivity contribution is -0.124. The molecule has 1 rings (SSSR count). The van der Waals surface area contributed by atoms with Crippen molar-refractivity contribution >= 4 is 10.0 Å². The molecule has 4 nitrogen and oxygen atoms in total. The van der Waals surface area contributed by atoms with E-state index >= 15 is 0 Å². The van der Waals surface area contributed by atoms with Crippen molar-refractivity contribution in [1.82, 2.24) is 0 Å². The topological polar surface area (TPSA) is 58.9 Å². The summed E-state index contributed by atoms with van der Waals surface area (Å²) in [5.41, 5.74) is 0.784. The number of halogens is 3. The minimum atomic E-state index is -4.99. The summed E-state index contributed by atoms with van der Waals surface area (Å²) >= 11 is 0. The van der Waals surface area contributed by atoms with Gasteiger partial charge in [-0.2, -0.15) is 8.42 Å². The van der Waals surface area contributed by atoms with Gasteiger partial charge in [-0.25, -0.2) is 0 Å². The highest BCUT2D eigenvalue weighted by molar-refractivity contribution is 7.90. The van der Waals surface area contributed by atoms with Crippen molar-refractivity contribution in [3.63, 3.8) is 0 Å². The summed E-state index contributed by atoms with van der Waals surface area (Å²) in [7, 11) is -4.37. The van der Waals surface area contributed by atoms with Crippen molar-refractivity contribution in [1.29, 1.82) is 0 Å². The summed E-state index contributed by atoms with van der Waals surface area (Å²) in [6, 6.07) is 5.24. The smallest absolute Gasteiger partial charge is 0.198 e. The zero-order valence-corrected chi connectivity index (χ0v) is 8.88. The van der Waals surface area contributed by atoms with Crippen LogP contribution < -0.4 is 0 Å². The van der Waals surface area contributed by atoms with Gasteiger partial charge in [0.1, 0.15) is 0 Å². The Bertz CT molecular complexity index is 491. The quantitative estimate of drug-likeness (QED) is 0.600. The van der Waals surface area contributed by atoms with E-state index in [1.807, 2.05) is 0 Å². The van der Waals surface area contributed by atoms with Gasteiger partial charge in [-0.15, -0.1) is 13.2 Å². The molecule has 16 heavy (non-hydrogen) atoms. The van der Waals surface area contributed by atoms with Crippen LogP contribution in [0.1, 0.15) is 5.56 Å². The molecule has 0 amide bonds. The first kappa shape index (κ1) is 12.6. The summed E-state index contributed by atoms with van der Waals surface area (Å²) in [5, 5.41) is 1.76. The number of hydrogen-bond acceptors (Lipinski definition) is 3. The third-order valence-electron chi connectivity index (χ3n) is 1.58. The van der Waals surface area contributed by atoms with E-state index in [2.05, 4.69) is 4.52 Å². The minimum absolute atomic E-state index is 0.328. The van der Waals surface area contributed by atoms with Crippen LogP contribution in [-0.2, 0) is 10.0 Å². The molecule has 8 heteroatoms. The molecule has 0 saturated carbocycles. The number of rotatable bonds is 2. The van der Waals surface area contributed by atoms with Crippen molar-refractivity contribution < 1.29 is 21.6 Å². The standard InChI is InChI=1S/C8H7F3N2O2S/c1-6-2-4-7(5-3-6)16(14,15)13-12-8(9,10)11/h2-5H,1H3. The molecule has 0 heterocycles. The predicted molar refractivity (Wildman–Crippen MR) is 49.3 cm³/mol. The van der Waals surface area contributed by atoms with Crippen LogP contribution in [-0.4, -0.2) is 14.7 Å². The maximum atomic E-state index is 11.6. The highest BCUT2D eigenvalue weighted by atomic mass is 32.2. The molecule has 0 aromatic heterocycles. The van der Waals surface area contributed by atoms with E-state index in [9.17, 15) is 21.6 Å². The average Bonchev–Trinajstić information content (AvgIpc) is 2.15. The maximum absolute atomic E-state index is 11.6. The van der Waals surface area contributed by atoms with Crippen LogP contribution in [0.2, 0.25) is 0 Å². The Balaban J connectivity index is 3.04. The molecule has 88 valence electrons. The maximum Gasteiger partial charge on any atom is 0.521 e. The third kappa shape index (κ3) is 3.61. The summed E-state index contributed by atoms with van der Waals surface area (Å²) in [6.07, 6.45) is -4.99. The van der Waals surface area contributed by atoms with Gasteiger partial charge < -0.3 is 0 Å². The van der Waals surface area contributed by atoms with Crippen molar-refractivity contribution in [2.45, 2.75) is 18.1 Å². The SMILES string of the molecule is Cc1ccc(S(=O)(=O)N=NC(F)(F)F)cc1. The van der Waals surface area contributed by atoms with E-state index in [-0.39, 0.29) is 4.90 Å². The van der Waals surface area contributed by atoms with E-state index in [0.29, 0.717) is 0 Å². The largest absolute Gasteiger partial charge is 0.521 e. The average molecular weight is 252 g/mol. The van der Waals surface area contributed by atoms with Gasteiger partial charge in [-0.3, -0.25) is 0 Å². The molecule has 0 bridgehead atoms. The predicted octanol–water partition coefficient (Wildman–Crippen LogP) is 2.66. The molecule has 0 fully saturated rings. The Hall–Kier alpha value is -1.44. The zero-order chi connectivity index (χ0) is 12.4. The van der Waals surface area contributed by atoms with Crippen molar-refractivity contribution in [2.75, 3.05) is 0 Å². The van der Waals surface area contributed by atoms with Gasteiger partial charge in [0.05, 0.1) is 4.90 Å². The monoisotopic (exact) mass is 252 g/mol. The second-order valence-corrected chi connectivity index (χ2v) is 4.52. The Labute approximate surface area is 89.9 Å². The fraction of sp³-hybridized carbons (Fsp3) is 0.250. The molecular weight excluding hydrogens is 245 g/mol. The van der Waals surface area contributed by atoms with E-state index < -0.39 is 16.3 Å². The van der Waals surface area contributed by atoms with Gasteiger partial charge in [-0.1, -0.05) is 27.3 Å². The van der Waals surface area contributed by atoms with Crippen molar-refractivity contribution in [2.24, 2.45) is 9.63 Å². The first-order valence-electron chi connectivity index (χ1n) is 4.03. The van der Waals surface area contributed by atoms with Gasteiger partial charge in [0.25, 0.3) is 10.0 Å². The number of hydrogen-bond donors (Lipinski definition) is 0. The van der Waals surface area contributed by atoms with Crippen LogP contribution in [0.3, 0.4) is 0 Å². The zero-order valence-electron chi connectivity index (χ0n) is 8.06. The number of aryl methyl sites for hydroxylation is 1. The molecule has 0 aliphatic rings. The Morgan fingerprint density at radius 3 is 2.06 bits per heavy atom. The molecule has 0 saturated heterocycles. The van der Waals surface area contributed by atoms with Crippen LogP contribution in [0.4, 0.5) is 13.2 Å². The fourth-order valence-electron chi connectivity index (χ4n) is 0.857. The fourth-order valence-corrected chi connectivity index (χ4v) is 1.63. The number of sulfonamides is 1. The van der Waals surface area contributed by atoms with E-state index in [4.69, 9.17) is 0 Å². The van der Waals surface area contributed by atoms with Gasteiger partial charge in [0.15, 0.2) is 0 Å². The second kappa shape index (κ2) is 4.20. The lowest BCUT2D eigenvalue weighted by Crippen LogP contribution is -2.03. The summed E-state index contributed by atoms with van der Waals surface area (Å²) in [4.78, 5) is -0.328. The molecule has 0 N–H and O–H groups in total. The second-order valence-electron chi connectivity index (χ2n) is 2.94.